The number of benzene rings is 1. The van der Waals surface area contributed by atoms with E-state index >= 15 is 0 Å². The van der Waals surface area contributed by atoms with Gasteiger partial charge in [-0.3, -0.25) is 4.98 Å². The van der Waals surface area contributed by atoms with Crippen molar-refractivity contribution >= 4 is 26.8 Å². The summed E-state index contributed by atoms with van der Waals surface area (Å²) in [5, 5.41) is 0.959. The molecule has 2 heterocycles. The van der Waals surface area contributed by atoms with E-state index in [-0.39, 0.29) is 5.92 Å². The molecule has 0 saturated carbocycles. The Bertz CT molecular complexity index is 784. The fourth-order valence-electron chi connectivity index (χ4n) is 2.00. The molecule has 4 nitrogen and oxygen atoms in total. The van der Waals surface area contributed by atoms with Crippen LogP contribution in [0.1, 0.15) is 25.6 Å². The molecule has 1 aromatic carbocycles. The second-order valence-corrected chi connectivity index (χ2v) is 5.78. The highest BCUT2D eigenvalue weighted by Crippen LogP contribution is 2.29. The monoisotopic (exact) mass is 343 g/mol. The van der Waals surface area contributed by atoms with E-state index in [1.807, 2.05) is 44.2 Å². The van der Waals surface area contributed by atoms with Gasteiger partial charge in [-0.1, -0.05) is 19.9 Å². The maximum atomic E-state index is 5.94. The third kappa shape index (κ3) is 3.03. The van der Waals surface area contributed by atoms with Crippen LogP contribution in [0.4, 0.5) is 0 Å². The van der Waals surface area contributed by atoms with Crippen LogP contribution in [-0.4, -0.2) is 15.0 Å². The van der Waals surface area contributed by atoms with E-state index in [0.29, 0.717) is 5.88 Å². The predicted molar refractivity (Wildman–Crippen MR) is 85.6 cm³/mol. The zero-order chi connectivity index (χ0) is 14.8. The highest BCUT2D eigenvalue weighted by Gasteiger charge is 2.10. The molecule has 0 radical (unpaired) electrons. The van der Waals surface area contributed by atoms with Gasteiger partial charge in [-0.2, -0.15) is 4.98 Å². The van der Waals surface area contributed by atoms with Gasteiger partial charge in [-0.25, -0.2) is 4.98 Å². The molecule has 0 amide bonds. The van der Waals surface area contributed by atoms with Gasteiger partial charge in [0.1, 0.15) is 16.2 Å². The molecule has 106 valence electrons. The topological polar surface area (TPSA) is 47.9 Å². The van der Waals surface area contributed by atoms with Crippen LogP contribution in [-0.2, 0) is 0 Å². The zero-order valence-corrected chi connectivity index (χ0v) is 13.3. The van der Waals surface area contributed by atoms with Gasteiger partial charge in [0.2, 0.25) is 5.88 Å². The molecule has 0 aliphatic heterocycles. The van der Waals surface area contributed by atoms with Crippen molar-refractivity contribution in [2.24, 2.45) is 0 Å². The van der Waals surface area contributed by atoms with Crippen LogP contribution in [0.3, 0.4) is 0 Å². The molecule has 0 N–H and O–H groups in total. The van der Waals surface area contributed by atoms with Crippen LogP contribution in [0.15, 0.2) is 47.2 Å². The molecular weight excluding hydrogens is 330 g/mol. The Hall–Kier alpha value is -2.01. The van der Waals surface area contributed by atoms with Crippen molar-refractivity contribution < 1.29 is 4.74 Å². The molecule has 0 unspecified atom stereocenters. The molecule has 3 aromatic rings. The highest BCUT2D eigenvalue weighted by molar-refractivity contribution is 9.10. The lowest BCUT2D eigenvalue weighted by atomic mass is 10.2. The van der Waals surface area contributed by atoms with Crippen molar-refractivity contribution in [1.29, 1.82) is 0 Å². The second-order valence-electron chi connectivity index (χ2n) is 4.97. The lowest BCUT2D eigenvalue weighted by molar-refractivity contribution is 0.461. The van der Waals surface area contributed by atoms with Gasteiger partial charge < -0.3 is 4.74 Å². The van der Waals surface area contributed by atoms with Crippen LogP contribution >= 0.6 is 15.9 Å². The summed E-state index contributed by atoms with van der Waals surface area (Å²) < 4.78 is 6.66. The normalized spacial score (nSPS) is 11.0. The van der Waals surface area contributed by atoms with Gasteiger partial charge in [0.05, 0.1) is 5.52 Å². The van der Waals surface area contributed by atoms with Crippen molar-refractivity contribution in [3.05, 3.63) is 53.0 Å². The van der Waals surface area contributed by atoms with Crippen molar-refractivity contribution in [3.8, 4) is 11.6 Å². The van der Waals surface area contributed by atoms with E-state index in [1.165, 1.54) is 0 Å². The van der Waals surface area contributed by atoms with Gasteiger partial charge in [0.15, 0.2) is 0 Å². The van der Waals surface area contributed by atoms with E-state index in [2.05, 4.69) is 30.9 Å². The first-order valence-electron chi connectivity index (χ1n) is 6.69. The summed E-state index contributed by atoms with van der Waals surface area (Å²) in [5.74, 6) is 2.25. The average Bonchev–Trinajstić information content (AvgIpc) is 2.47. The summed E-state index contributed by atoms with van der Waals surface area (Å²) in [6.45, 7) is 4.10. The SMILES string of the molecule is CC(C)c1nc(Br)cc(Oc2cccc3ncccc23)n1. The van der Waals surface area contributed by atoms with Gasteiger partial charge in [-0.15, -0.1) is 0 Å². The minimum absolute atomic E-state index is 0.235. The number of pyridine rings is 1. The minimum Gasteiger partial charge on any atom is -0.438 e. The molecule has 0 atom stereocenters. The predicted octanol–water partition coefficient (Wildman–Crippen LogP) is 4.70. The van der Waals surface area contributed by atoms with Crippen molar-refractivity contribution in [3.63, 3.8) is 0 Å². The summed E-state index contributed by atoms with van der Waals surface area (Å²) in [5.41, 5.74) is 0.896. The van der Waals surface area contributed by atoms with E-state index in [9.17, 15) is 0 Å². The molecule has 0 aliphatic rings. The Kier molecular flexibility index (Phi) is 3.84. The fraction of sp³-hybridized carbons (Fsp3) is 0.188. The highest BCUT2D eigenvalue weighted by atomic mass is 79.9. The molecule has 3 rings (SSSR count). The Morgan fingerprint density at radius 2 is 1.95 bits per heavy atom. The number of rotatable bonds is 3. The molecular formula is C16H14BrN3O. The van der Waals surface area contributed by atoms with Crippen LogP contribution in [0, 0.1) is 0 Å². The summed E-state index contributed by atoms with van der Waals surface area (Å²) in [7, 11) is 0. The number of fused-ring (bicyclic) bond motifs is 1. The summed E-state index contributed by atoms with van der Waals surface area (Å²) in [6.07, 6.45) is 1.77. The summed E-state index contributed by atoms with van der Waals surface area (Å²) in [4.78, 5) is 13.1. The van der Waals surface area contributed by atoms with Crippen molar-refractivity contribution in [2.45, 2.75) is 19.8 Å². The Morgan fingerprint density at radius 3 is 2.76 bits per heavy atom. The summed E-state index contributed by atoms with van der Waals surface area (Å²) >= 11 is 3.40. The molecule has 21 heavy (non-hydrogen) atoms. The third-order valence-electron chi connectivity index (χ3n) is 3.03. The van der Waals surface area contributed by atoms with Gasteiger partial charge in [0, 0.05) is 23.6 Å². The van der Waals surface area contributed by atoms with Crippen LogP contribution in [0.5, 0.6) is 11.6 Å². The van der Waals surface area contributed by atoms with Crippen LogP contribution < -0.4 is 4.74 Å². The van der Waals surface area contributed by atoms with E-state index in [0.717, 1.165) is 27.1 Å². The van der Waals surface area contributed by atoms with Crippen molar-refractivity contribution in [1.82, 2.24) is 15.0 Å². The number of halogens is 1. The molecule has 5 heteroatoms. The maximum absolute atomic E-state index is 5.94. The Balaban J connectivity index is 2.03. The van der Waals surface area contributed by atoms with Crippen molar-refractivity contribution in [2.75, 3.05) is 0 Å². The minimum atomic E-state index is 0.235. The smallest absolute Gasteiger partial charge is 0.223 e. The second kappa shape index (κ2) is 5.77. The number of ether oxygens (including phenoxy) is 1. The molecule has 0 spiro atoms. The molecule has 0 aliphatic carbocycles. The number of hydrogen-bond donors (Lipinski definition) is 0. The molecule has 2 aromatic heterocycles. The van der Waals surface area contributed by atoms with Gasteiger partial charge in [0.25, 0.3) is 0 Å². The number of nitrogens with zero attached hydrogens (tertiary/aromatic N) is 3. The van der Waals surface area contributed by atoms with E-state index < -0.39 is 0 Å². The molecule has 0 fully saturated rings. The Morgan fingerprint density at radius 1 is 1.10 bits per heavy atom. The van der Waals surface area contributed by atoms with Crippen LogP contribution in [0.25, 0.3) is 10.9 Å². The van der Waals surface area contributed by atoms with Gasteiger partial charge in [-0.05, 0) is 40.2 Å². The Labute approximate surface area is 131 Å². The zero-order valence-electron chi connectivity index (χ0n) is 11.7. The summed E-state index contributed by atoms with van der Waals surface area (Å²) in [6, 6.07) is 11.4. The standard InChI is InChI=1S/C16H14BrN3O/c1-10(2)16-19-14(17)9-15(20-16)21-13-7-3-6-12-11(13)5-4-8-18-12/h3-10H,1-2H3. The quantitative estimate of drug-likeness (QED) is 0.646. The number of aromatic nitrogens is 3. The first kappa shape index (κ1) is 13.9. The third-order valence-corrected chi connectivity index (χ3v) is 3.43. The fourth-order valence-corrected chi connectivity index (χ4v) is 2.38. The molecule has 0 bridgehead atoms. The molecule has 0 saturated heterocycles. The maximum Gasteiger partial charge on any atom is 0.223 e. The first-order valence-corrected chi connectivity index (χ1v) is 7.49. The van der Waals surface area contributed by atoms with E-state index in [4.69, 9.17) is 4.74 Å². The number of hydrogen-bond acceptors (Lipinski definition) is 4. The van der Waals surface area contributed by atoms with Crippen LogP contribution in [0.2, 0.25) is 0 Å². The van der Waals surface area contributed by atoms with E-state index in [1.54, 1.807) is 12.3 Å². The van der Waals surface area contributed by atoms with Gasteiger partial charge >= 0.3 is 0 Å². The largest absolute Gasteiger partial charge is 0.438 e. The first-order chi connectivity index (χ1) is 10.1. The average molecular weight is 344 g/mol. The lowest BCUT2D eigenvalue weighted by Crippen LogP contribution is -2.00. The lowest BCUT2D eigenvalue weighted by Gasteiger charge is -2.10.